The number of aromatic nitrogens is 1. The summed E-state index contributed by atoms with van der Waals surface area (Å²) in [5.74, 6) is -0.375. The number of carboxylic acids is 1. The number of fused-ring (bicyclic) bond motifs is 1. The molecule has 0 radical (unpaired) electrons. The summed E-state index contributed by atoms with van der Waals surface area (Å²) in [7, 11) is 3.10. The molecular formula is C13H17NO4. The molecular weight excluding hydrogens is 234 g/mol. The summed E-state index contributed by atoms with van der Waals surface area (Å²) in [6.45, 7) is 1.69. The van der Waals surface area contributed by atoms with Crippen molar-refractivity contribution in [1.29, 1.82) is 0 Å². The minimum atomic E-state index is -1.05. The van der Waals surface area contributed by atoms with Crippen LogP contribution in [0.25, 0.3) is 0 Å². The van der Waals surface area contributed by atoms with Crippen LogP contribution in [0.2, 0.25) is 0 Å². The molecule has 5 nitrogen and oxygen atoms in total. The molecule has 0 spiro atoms. The summed E-state index contributed by atoms with van der Waals surface area (Å²) in [6, 6.07) is 3.47. The summed E-state index contributed by atoms with van der Waals surface area (Å²) >= 11 is 0. The van der Waals surface area contributed by atoms with Crippen LogP contribution in [0.5, 0.6) is 5.88 Å². The van der Waals surface area contributed by atoms with Crippen molar-refractivity contribution in [2.24, 2.45) is 0 Å². The average Bonchev–Trinajstić information content (AvgIpc) is 2.38. The molecule has 1 aromatic heterocycles. The predicted octanol–water partition coefficient (Wildman–Crippen LogP) is 1.39. The van der Waals surface area contributed by atoms with Crippen LogP contribution >= 0.6 is 0 Å². The van der Waals surface area contributed by atoms with Gasteiger partial charge in [-0.1, -0.05) is 6.07 Å². The van der Waals surface area contributed by atoms with Crippen molar-refractivity contribution < 1.29 is 19.4 Å². The van der Waals surface area contributed by atoms with E-state index >= 15 is 0 Å². The molecule has 98 valence electrons. The highest BCUT2D eigenvalue weighted by Crippen LogP contribution is 2.39. The van der Waals surface area contributed by atoms with Crippen molar-refractivity contribution in [1.82, 2.24) is 4.98 Å². The minimum Gasteiger partial charge on any atom is -0.481 e. The predicted molar refractivity (Wildman–Crippen MR) is 64.9 cm³/mol. The topological polar surface area (TPSA) is 68.7 Å². The van der Waals surface area contributed by atoms with Crippen LogP contribution < -0.4 is 4.74 Å². The first-order valence-electron chi connectivity index (χ1n) is 5.84. The van der Waals surface area contributed by atoms with Crippen LogP contribution in [0.3, 0.4) is 0 Å². The van der Waals surface area contributed by atoms with Gasteiger partial charge in [-0.25, -0.2) is 4.98 Å². The van der Waals surface area contributed by atoms with Gasteiger partial charge in [0.05, 0.1) is 13.2 Å². The molecule has 1 aromatic rings. The quantitative estimate of drug-likeness (QED) is 0.879. The van der Waals surface area contributed by atoms with E-state index in [2.05, 4.69) is 4.98 Å². The van der Waals surface area contributed by atoms with E-state index in [0.29, 0.717) is 24.3 Å². The Hall–Kier alpha value is -1.62. The summed E-state index contributed by atoms with van der Waals surface area (Å²) in [5.41, 5.74) is 0.447. The fraction of sp³-hybridized carbons (Fsp3) is 0.538. The molecule has 2 atom stereocenters. The highest BCUT2D eigenvalue weighted by Gasteiger charge is 2.47. The lowest BCUT2D eigenvalue weighted by atomic mass is 9.70. The number of aliphatic carboxylic acids is 1. The Morgan fingerprint density at radius 2 is 2.22 bits per heavy atom. The molecule has 0 saturated heterocycles. The number of pyridine rings is 1. The van der Waals surface area contributed by atoms with Crippen molar-refractivity contribution in [2.75, 3.05) is 14.2 Å². The number of rotatable bonds is 3. The fourth-order valence-corrected chi connectivity index (χ4v) is 2.59. The zero-order valence-corrected chi connectivity index (χ0v) is 10.8. The maximum atomic E-state index is 11.6. The van der Waals surface area contributed by atoms with Crippen LogP contribution in [0.15, 0.2) is 12.1 Å². The standard InChI is InChI=1S/C13H17NO4/c1-13(12(15)16)8-4-7-11(18-3)14-9(8)5-6-10(13)17-2/h4,7,10H,5-6H2,1-3H3,(H,15,16). The highest BCUT2D eigenvalue weighted by molar-refractivity contribution is 5.82. The monoisotopic (exact) mass is 251 g/mol. The number of carbonyl (C=O) groups is 1. The molecule has 0 saturated carbocycles. The third-order valence-corrected chi connectivity index (χ3v) is 3.73. The smallest absolute Gasteiger partial charge is 0.316 e. The Bertz CT molecular complexity index is 474. The van der Waals surface area contributed by atoms with Gasteiger partial charge in [-0.2, -0.15) is 0 Å². The first-order valence-corrected chi connectivity index (χ1v) is 5.84. The molecule has 2 unspecified atom stereocenters. The van der Waals surface area contributed by atoms with E-state index < -0.39 is 11.4 Å². The molecule has 0 amide bonds. The van der Waals surface area contributed by atoms with E-state index in [1.807, 2.05) is 0 Å². The van der Waals surface area contributed by atoms with E-state index in [9.17, 15) is 9.90 Å². The van der Waals surface area contributed by atoms with Crippen molar-refractivity contribution in [3.05, 3.63) is 23.4 Å². The maximum absolute atomic E-state index is 11.6. The van der Waals surface area contributed by atoms with Crippen molar-refractivity contribution in [3.8, 4) is 5.88 Å². The molecule has 1 aliphatic rings. The first-order chi connectivity index (χ1) is 8.53. The third kappa shape index (κ3) is 1.75. The normalized spacial score (nSPS) is 26.5. The number of methoxy groups -OCH3 is 2. The lowest BCUT2D eigenvalue weighted by Gasteiger charge is -2.38. The van der Waals surface area contributed by atoms with E-state index in [1.54, 1.807) is 33.3 Å². The van der Waals surface area contributed by atoms with Crippen LogP contribution in [0.4, 0.5) is 0 Å². The van der Waals surface area contributed by atoms with Gasteiger partial charge in [-0.3, -0.25) is 4.79 Å². The lowest BCUT2D eigenvalue weighted by Crippen LogP contribution is -2.48. The molecule has 1 heterocycles. The Kier molecular flexibility index (Phi) is 3.26. The number of hydrogen-bond donors (Lipinski definition) is 1. The van der Waals surface area contributed by atoms with E-state index in [4.69, 9.17) is 9.47 Å². The van der Waals surface area contributed by atoms with Crippen molar-refractivity contribution in [2.45, 2.75) is 31.3 Å². The maximum Gasteiger partial charge on any atom is 0.316 e. The van der Waals surface area contributed by atoms with Gasteiger partial charge < -0.3 is 14.6 Å². The summed E-state index contributed by atoms with van der Waals surface area (Å²) in [6.07, 6.45) is 1.01. The number of carboxylic acid groups (broad SMARTS) is 1. The SMILES string of the molecule is COc1ccc2c(n1)CCC(OC)C2(C)C(=O)O. The molecule has 1 N–H and O–H groups in total. The third-order valence-electron chi connectivity index (χ3n) is 3.73. The zero-order chi connectivity index (χ0) is 13.3. The van der Waals surface area contributed by atoms with Crippen LogP contribution in [-0.2, 0) is 21.4 Å². The molecule has 0 bridgehead atoms. The van der Waals surface area contributed by atoms with Gasteiger partial charge in [0.15, 0.2) is 0 Å². The number of nitrogens with zero attached hydrogens (tertiary/aromatic N) is 1. The van der Waals surface area contributed by atoms with Gasteiger partial charge in [0, 0.05) is 18.9 Å². The highest BCUT2D eigenvalue weighted by atomic mass is 16.5. The number of hydrogen-bond acceptors (Lipinski definition) is 4. The largest absolute Gasteiger partial charge is 0.481 e. The Morgan fingerprint density at radius 1 is 1.50 bits per heavy atom. The summed E-state index contributed by atoms with van der Waals surface area (Å²) in [5, 5.41) is 9.53. The summed E-state index contributed by atoms with van der Waals surface area (Å²) in [4.78, 5) is 16.0. The second-order valence-electron chi connectivity index (χ2n) is 4.62. The Morgan fingerprint density at radius 3 is 2.78 bits per heavy atom. The minimum absolute atomic E-state index is 0.335. The molecule has 0 aliphatic heterocycles. The molecule has 0 aromatic carbocycles. The number of aryl methyl sites for hydroxylation is 1. The molecule has 2 rings (SSSR count). The van der Waals surface area contributed by atoms with Crippen LogP contribution in [0.1, 0.15) is 24.6 Å². The second kappa shape index (κ2) is 4.57. The molecule has 0 fully saturated rings. The van der Waals surface area contributed by atoms with Crippen LogP contribution in [0, 0.1) is 0 Å². The van der Waals surface area contributed by atoms with Gasteiger partial charge in [0.2, 0.25) is 5.88 Å². The fourth-order valence-electron chi connectivity index (χ4n) is 2.59. The van der Waals surface area contributed by atoms with Gasteiger partial charge in [-0.05, 0) is 25.3 Å². The molecule has 18 heavy (non-hydrogen) atoms. The van der Waals surface area contributed by atoms with Gasteiger partial charge in [0.25, 0.3) is 0 Å². The second-order valence-corrected chi connectivity index (χ2v) is 4.62. The molecule has 1 aliphatic carbocycles. The van der Waals surface area contributed by atoms with Crippen molar-refractivity contribution in [3.63, 3.8) is 0 Å². The summed E-state index contributed by atoms with van der Waals surface area (Å²) < 4.78 is 10.4. The average molecular weight is 251 g/mol. The first kappa shape index (κ1) is 12.8. The van der Waals surface area contributed by atoms with E-state index in [0.717, 1.165) is 5.69 Å². The van der Waals surface area contributed by atoms with Gasteiger partial charge in [-0.15, -0.1) is 0 Å². The zero-order valence-electron chi connectivity index (χ0n) is 10.8. The van der Waals surface area contributed by atoms with Gasteiger partial charge in [0.1, 0.15) is 5.41 Å². The van der Waals surface area contributed by atoms with Gasteiger partial charge >= 0.3 is 5.97 Å². The molecule has 5 heteroatoms. The van der Waals surface area contributed by atoms with E-state index in [1.165, 1.54) is 0 Å². The Balaban J connectivity index is 2.55. The number of ether oxygens (including phenoxy) is 2. The van der Waals surface area contributed by atoms with Crippen molar-refractivity contribution >= 4 is 5.97 Å². The van der Waals surface area contributed by atoms with E-state index in [-0.39, 0.29) is 6.10 Å². The Labute approximate surface area is 106 Å². The van der Waals surface area contributed by atoms with Crippen LogP contribution in [-0.4, -0.2) is 36.4 Å². The lowest BCUT2D eigenvalue weighted by molar-refractivity contribution is -0.149.